The van der Waals surface area contributed by atoms with E-state index >= 15 is 0 Å². The van der Waals surface area contributed by atoms with Crippen LogP contribution in [0.4, 0.5) is 15.8 Å². The molecule has 0 unspecified atom stereocenters. The molecule has 2 aromatic carbocycles. The van der Waals surface area contributed by atoms with Gasteiger partial charge in [0.2, 0.25) is 11.8 Å². The lowest BCUT2D eigenvalue weighted by Gasteiger charge is -2.21. The Morgan fingerprint density at radius 1 is 1.12 bits per heavy atom. The first-order valence-electron chi connectivity index (χ1n) is 7.91. The van der Waals surface area contributed by atoms with E-state index in [0.29, 0.717) is 18.7 Å². The topological polar surface area (TPSA) is 49.4 Å². The predicted octanol–water partition coefficient (Wildman–Crippen LogP) is 3.43. The summed E-state index contributed by atoms with van der Waals surface area (Å²) >= 11 is 0. The summed E-state index contributed by atoms with van der Waals surface area (Å²) in [6.07, 6.45) is 0.472. The maximum atomic E-state index is 12.9. The molecule has 1 atom stereocenters. The molecule has 1 fully saturated rings. The van der Waals surface area contributed by atoms with Gasteiger partial charge in [-0.3, -0.25) is 9.59 Å². The monoisotopic (exact) mass is 326 g/mol. The number of anilines is 2. The maximum Gasteiger partial charge on any atom is 0.239 e. The molecule has 24 heavy (non-hydrogen) atoms. The Hall–Kier alpha value is -2.69. The van der Waals surface area contributed by atoms with Gasteiger partial charge in [-0.05, 0) is 55.7 Å². The van der Waals surface area contributed by atoms with Gasteiger partial charge in [-0.2, -0.15) is 0 Å². The third-order valence-corrected chi connectivity index (χ3v) is 4.34. The van der Waals surface area contributed by atoms with Crippen molar-refractivity contribution in [1.82, 2.24) is 0 Å². The smallest absolute Gasteiger partial charge is 0.239 e. The summed E-state index contributed by atoms with van der Waals surface area (Å²) in [6.45, 7) is 4.44. The first-order valence-corrected chi connectivity index (χ1v) is 7.91. The average molecular weight is 326 g/mol. The van der Waals surface area contributed by atoms with E-state index in [4.69, 9.17) is 0 Å². The predicted molar refractivity (Wildman–Crippen MR) is 91.4 cm³/mol. The Kier molecular flexibility index (Phi) is 4.34. The Morgan fingerprint density at radius 3 is 2.38 bits per heavy atom. The zero-order valence-corrected chi connectivity index (χ0v) is 13.7. The lowest BCUT2D eigenvalue weighted by atomic mass is 10.1. The standard InChI is InChI=1S/C19H19FN2O2/c1-12-4-3-5-13(2)17(12)22-11-10-16(19(22)24)18(23)21-15-8-6-14(20)7-9-15/h3-9,16H,10-11H2,1-2H3,(H,21,23)/t16-/m0/s1. The van der Waals surface area contributed by atoms with Gasteiger partial charge in [0.25, 0.3) is 0 Å². The van der Waals surface area contributed by atoms with Crippen molar-refractivity contribution in [3.8, 4) is 0 Å². The molecule has 0 saturated carbocycles. The molecule has 0 aliphatic carbocycles. The minimum atomic E-state index is -0.714. The van der Waals surface area contributed by atoms with E-state index < -0.39 is 5.92 Å². The molecule has 0 aromatic heterocycles. The fraction of sp³-hybridized carbons (Fsp3) is 0.263. The van der Waals surface area contributed by atoms with Crippen molar-refractivity contribution in [3.05, 3.63) is 59.4 Å². The van der Waals surface area contributed by atoms with E-state index in [2.05, 4.69) is 5.32 Å². The number of hydrogen-bond donors (Lipinski definition) is 1. The van der Waals surface area contributed by atoms with Crippen LogP contribution in [-0.4, -0.2) is 18.4 Å². The molecule has 1 N–H and O–H groups in total. The van der Waals surface area contributed by atoms with Crippen LogP contribution < -0.4 is 10.2 Å². The quantitative estimate of drug-likeness (QED) is 0.879. The van der Waals surface area contributed by atoms with Gasteiger partial charge in [-0.15, -0.1) is 0 Å². The summed E-state index contributed by atoms with van der Waals surface area (Å²) in [5.41, 5.74) is 3.41. The van der Waals surface area contributed by atoms with Gasteiger partial charge in [-0.1, -0.05) is 18.2 Å². The van der Waals surface area contributed by atoms with Gasteiger partial charge >= 0.3 is 0 Å². The van der Waals surface area contributed by atoms with Crippen LogP contribution in [0.15, 0.2) is 42.5 Å². The van der Waals surface area contributed by atoms with Crippen LogP contribution in [0.2, 0.25) is 0 Å². The molecule has 1 aliphatic heterocycles. The third-order valence-electron chi connectivity index (χ3n) is 4.34. The average Bonchev–Trinajstić information content (AvgIpc) is 2.91. The van der Waals surface area contributed by atoms with Crippen LogP contribution in [0.3, 0.4) is 0 Å². The fourth-order valence-corrected chi connectivity index (χ4v) is 3.14. The highest BCUT2D eigenvalue weighted by Crippen LogP contribution is 2.31. The first kappa shape index (κ1) is 16.2. The van der Waals surface area contributed by atoms with E-state index in [0.717, 1.165) is 16.8 Å². The molecule has 124 valence electrons. The van der Waals surface area contributed by atoms with Crippen LogP contribution in [0.5, 0.6) is 0 Å². The highest BCUT2D eigenvalue weighted by Gasteiger charge is 2.38. The SMILES string of the molecule is Cc1cccc(C)c1N1CC[C@@H](C(=O)Nc2ccc(F)cc2)C1=O. The van der Waals surface area contributed by atoms with Crippen LogP contribution in [0, 0.1) is 25.6 Å². The summed E-state index contributed by atoms with van der Waals surface area (Å²) in [5, 5.41) is 2.69. The number of rotatable bonds is 3. The van der Waals surface area contributed by atoms with E-state index in [9.17, 15) is 14.0 Å². The zero-order valence-electron chi connectivity index (χ0n) is 13.7. The van der Waals surface area contributed by atoms with Crippen LogP contribution in [-0.2, 0) is 9.59 Å². The molecule has 0 radical (unpaired) electrons. The highest BCUT2D eigenvalue weighted by molar-refractivity contribution is 6.13. The van der Waals surface area contributed by atoms with Gasteiger partial charge < -0.3 is 10.2 Å². The molecule has 1 heterocycles. The van der Waals surface area contributed by atoms with Crippen molar-refractivity contribution in [2.75, 3.05) is 16.8 Å². The molecule has 3 rings (SSSR count). The van der Waals surface area contributed by atoms with Crippen LogP contribution in [0.1, 0.15) is 17.5 Å². The van der Waals surface area contributed by atoms with E-state index in [-0.39, 0.29) is 17.6 Å². The summed E-state index contributed by atoms with van der Waals surface area (Å²) in [6, 6.07) is 11.4. The Balaban J connectivity index is 1.76. The fourth-order valence-electron chi connectivity index (χ4n) is 3.14. The van der Waals surface area contributed by atoms with Crippen molar-refractivity contribution < 1.29 is 14.0 Å². The minimum absolute atomic E-state index is 0.188. The van der Waals surface area contributed by atoms with Gasteiger partial charge in [0, 0.05) is 17.9 Å². The number of nitrogens with zero attached hydrogens (tertiary/aromatic N) is 1. The minimum Gasteiger partial charge on any atom is -0.325 e. The summed E-state index contributed by atoms with van der Waals surface area (Å²) in [5.74, 6) is -1.62. The Bertz CT molecular complexity index is 766. The van der Waals surface area contributed by atoms with Crippen molar-refractivity contribution in [2.24, 2.45) is 5.92 Å². The largest absolute Gasteiger partial charge is 0.325 e. The molecule has 1 aliphatic rings. The third kappa shape index (κ3) is 3.02. The molecule has 0 spiro atoms. The lowest BCUT2D eigenvalue weighted by molar-refractivity contribution is -0.129. The number of hydrogen-bond acceptors (Lipinski definition) is 2. The van der Waals surface area contributed by atoms with Crippen molar-refractivity contribution in [3.63, 3.8) is 0 Å². The lowest BCUT2D eigenvalue weighted by Crippen LogP contribution is -2.33. The Labute approximate surface area is 140 Å². The van der Waals surface area contributed by atoms with Crippen molar-refractivity contribution >= 4 is 23.2 Å². The molecular formula is C19H19FN2O2. The summed E-state index contributed by atoms with van der Waals surface area (Å²) in [7, 11) is 0. The van der Waals surface area contributed by atoms with Crippen molar-refractivity contribution in [1.29, 1.82) is 0 Å². The van der Waals surface area contributed by atoms with E-state index in [1.807, 2.05) is 32.0 Å². The summed E-state index contributed by atoms with van der Waals surface area (Å²) < 4.78 is 12.9. The summed E-state index contributed by atoms with van der Waals surface area (Å²) in [4.78, 5) is 26.8. The molecule has 0 bridgehead atoms. The number of amides is 2. The van der Waals surface area contributed by atoms with Crippen LogP contribution >= 0.6 is 0 Å². The molecule has 2 aromatic rings. The number of nitrogens with one attached hydrogen (secondary N) is 1. The number of para-hydroxylation sites is 1. The molecular weight excluding hydrogens is 307 g/mol. The second kappa shape index (κ2) is 6.43. The van der Waals surface area contributed by atoms with Gasteiger partial charge in [0.1, 0.15) is 11.7 Å². The van der Waals surface area contributed by atoms with Gasteiger partial charge in [-0.25, -0.2) is 4.39 Å². The zero-order chi connectivity index (χ0) is 17.3. The molecule has 4 nitrogen and oxygen atoms in total. The number of carbonyl (C=O) groups is 2. The molecule has 2 amide bonds. The maximum absolute atomic E-state index is 12.9. The Morgan fingerprint density at radius 2 is 1.75 bits per heavy atom. The number of carbonyl (C=O) groups excluding carboxylic acids is 2. The highest BCUT2D eigenvalue weighted by atomic mass is 19.1. The number of aryl methyl sites for hydroxylation is 2. The number of benzene rings is 2. The van der Waals surface area contributed by atoms with Gasteiger partial charge in [0.15, 0.2) is 0 Å². The second-order valence-corrected chi connectivity index (χ2v) is 6.07. The normalized spacial score (nSPS) is 17.2. The first-order chi connectivity index (χ1) is 11.5. The van der Waals surface area contributed by atoms with Crippen LogP contribution in [0.25, 0.3) is 0 Å². The molecule has 1 saturated heterocycles. The van der Waals surface area contributed by atoms with Gasteiger partial charge in [0.05, 0.1) is 0 Å². The molecule has 5 heteroatoms. The second-order valence-electron chi connectivity index (χ2n) is 6.07. The van der Waals surface area contributed by atoms with E-state index in [1.54, 1.807) is 4.90 Å². The van der Waals surface area contributed by atoms with E-state index in [1.165, 1.54) is 24.3 Å². The van der Waals surface area contributed by atoms with Crippen molar-refractivity contribution in [2.45, 2.75) is 20.3 Å². The number of halogens is 1.